The van der Waals surface area contributed by atoms with Gasteiger partial charge in [0.1, 0.15) is 0 Å². The molecule has 0 radical (unpaired) electrons. The van der Waals surface area contributed by atoms with Gasteiger partial charge in [0.05, 0.1) is 21.9 Å². The Morgan fingerprint density at radius 1 is 1.24 bits per heavy atom. The molecule has 0 saturated carbocycles. The summed E-state index contributed by atoms with van der Waals surface area (Å²) < 4.78 is 0. The molecule has 0 bridgehead atoms. The summed E-state index contributed by atoms with van der Waals surface area (Å²) in [6, 6.07) is 14.1. The molecule has 7 heteroatoms. The standard InChI is InChI=1S/C18H15N3O3S/c1-12-7-8-14(21(23)24)10-15(12)20-17(22)11-25-16-6-2-4-13-5-3-9-19-18(13)16/h2-10H,11H2,1H3,(H,20,22). The number of benzene rings is 2. The van der Waals surface area contributed by atoms with Gasteiger partial charge in [0.15, 0.2) is 0 Å². The molecule has 3 rings (SSSR count). The Balaban J connectivity index is 1.71. The highest BCUT2D eigenvalue weighted by atomic mass is 32.2. The molecule has 0 aliphatic rings. The molecule has 126 valence electrons. The minimum atomic E-state index is -0.481. The quantitative estimate of drug-likeness (QED) is 0.422. The number of nitro benzene ring substituents is 1. The van der Waals surface area contributed by atoms with Gasteiger partial charge in [-0.1, -0.05) is 24.3 Å². The van der Waals surface area contributed by atoms with Crippen LogP contribution in [0.4, 0.5) is 11.4 Å². The number of pyridine rings is 1. The van der Waals surface area contributed by atoms with E-state index in [1.807, 2.05) is 30.3 Å². The van der Waals surface area contributed by atoms with E-state index in [9.17, 15) is 14.9 Å². The summed E-state index contributed by atoms with van der Waals surface area (Å²) in [5.74, 6) is -0.0285. The number of thioether (sulfide) groups is 1. The van der Waals surface area contributed by atoms with E-state index in [-0.39, 0.29) is 17.3 Å². The van der Waals surface area contributed by atoms with Crippen molar-refractivity contribution in [1.29, 1.82) is 0 Å². The van der Waals surface area contributed by atoms with Crippen LogP contribution in [0.25, 0.3) is 10.9 Å². The van der Waals surface area contributed by atoms with Crippen molar-refractivity contribution in [3.8, 4) is 0 Å². The van der Waals surface area contributed by atoms with Gasteiger partial charge in [-0.2, -0.15) is 0 Å². The van der Waals surface area contributed by atoms with E-state index in [0.717, 1.165) is 21.4 Å². The van der Waals surface area contributed by atoms with Crippen molar-refractivity contribution >= 4 is 39.9 Å². The average molecular weight is 353 g/mol. The van der Waals surface area contributed by atoms with Crippen LogP contribution >= 0.6 is 11.8 Å². The molecule has 0 unspecified atom stereocenters. The lowest BCUT2D eigenvalue weighted by molar-refractivity contribution is -0.384. The number of nitrogens with one attached hydrogen (secondary N) is 1. The maximum Gasteiger partial charge on any atom is 0.271 e. The summed E-state index contributed by atoms with van der Waals surface area (Å²) >= 11 is 1.39. The number of anilines is 1. The Kier molecular flexibility index (Phi) is 4.95. The maximum atomic E-state index is 12.2. The van der Waals surface area contributed by atoms with Gasteiger partial charge in [-0.25, -0.2) is 0 Å². The number of para-hydroxylation sites is 1. The Morgan fingerprint density at radius 3 is 2.84 bits per heavy atom. The van der Waals surface area contributed by atoms with Gasteiger partial charge in [-0.15, -0.1) is 11.8 Å². The van der Waals surface area contributed by atoms with Gasteiger partial charge in [0.2, 0.25) is 5.91 Å². The smallest absolute Gasteiger partial charge is 0.271 e. The first-order valence-electron chi connectivity index (χ1n) is 7.56. The van der Waals surface area contributed by atoms with Crippen LogP contribution in [0.5, 0.6) is 0 Å². The Labute approximate surface area is 148 Å². The summed E-state index contributed by atoms with van der Waals surface area (Å²) in [6.07, 6.45) is 1.72. The first kappa shape index (κ1) is 16.9. The lowest BCUT2D eigenvalue weighted by Crippen LogP contribution is -2.15. The van der Waals surface area contributed by atoms with E-state index >= 15 is 0 Å². The summed E-state index contributed by atoms with van der Waals surface area (Å²) in [5, 5.41) is 14.6. The normalized spacial score (nSPS) is 10.6. The highest BCUT2D eigenvalue weighted by Crippen LogP contribution is 2.27. The second kappa shape index (κ2) is 7.31. The van der Waals surface area contributed by atoms with Gasteiger partial charge >= 0.3 is 0 Å². The van der Waals surface area contributed by atoms with Crippen molar-refractivity contribution in [3.63, 3.8) is 0 Å². The van der Waals surface area contributed by atoms with Crippen LogP contribution in [-0.4, -0.2) is 21.6 Å². The molecule has 0 saturated heterocycles. The van der Waals surface area contributed by atoms with Crippen LogP contribution in [0.15, 0.2) is 59.6 Å². The number of amides is 1. The molecule has 0 aliphatic carbocycles. The van der Waals surface area contributed by atoms with Crippen LogP contribution in [0.3, 0.4) is 0 Å². The molecule has 0 aliphatic heterocycles. The van der Waals surface area contributed by atoms with Crippen molar-refractivity contribution in [2.24, 2.45) is 0 Å². The minimum absolute atomic E-state index is 0.0493. The Bertz CT molecular complexity index is 954. The van der Waals surface area contributed by atoms with Crippen LogP contribution in [0.2, 0.25) is 0 Å². The zero-order valence-electron chi connectivity index (χ0n) is 13.4. The molecule has 25 heavy (non-hydrogen) atoms. The Morgan fingerprint density at radius 2 is 2.04 bits per heavy atom. The molecule has 0 atom stereocenters. The van der Waals surface area contributed by atoms with Gasteiger partial charge in [0.25, 0.3) is 5.69 Å². The zero-order valence-corrected chi connectivity index (χ0v) is 14.2. The number of aryl methyl sites for hydroxylation is 1. The van der Waals surface area contributed by atoms with Gasteiger partial charge in [-0.05, 0) is 24.6 Å². The van der Waals surface area contributed by atoms with Crippen LogP contribution in [-0.2, 0) is 4.79 Å². The molecule has 2 aromatic carbocycles. The number of carbonyl (C=O) groups is 1. The van der Waals surface area contributed by atoms with Gasteiger partial charge in [0, 0.05) is 28.6 Å². The van der Waals surface area contributed by atoms with Crippen molar-refractivity contribution in [2.45, 2.75) is 11.8 Å². The van der Waals surface area contributed by atoms with Gasteiger partial charge in [-0.3, -0.25) is 19.9 Å². The van der Waals surface area contributed by atoms with Crippen molar-refractivity contribution in [2.75, 3.05) is 11.1 Å². The Hall–Kier alpha value is -2.93. The lowest BCUT2D eigenvalue weighted by atomic mass is 10.2. The highest BCUT2D eigenvalue weighted by Gasteiger charge is 2.12. The van der Waals surface area contributed by atoms with Crippen molar-refractivity contribution in [1.82, 2.24) is 4.98 Å². The third-order valence-corrected chi connectivity index (χ3v) is 4.71. The number of nitro groups is 1. The lowest BCUT2D eigenvalue weighted by Gasteiger charge is -2.09. The van der Waals surface area contributed by atoms with E-state index in [2.05, 4.69) is 10.3 Å². The fourth-order valence-corrected chi connectivity index (χ4v) is 3.22. The number of nitrogens with zero attached hydrogens (tertiary/aromatic N) is 2. The molecule has 3 aromatic rings. The van der Waals surface area contributed by atoms with E-state index in [1.54, 1.807) is 19.2 Å². The van der Waals surface area contributed by atoms with Crippen LogP contribution in [0.1, 0.15) is 5.56 Å². The molecule has 6 nitrogen and oxygen atoms in total. The molecule has 1 heterocycles. The first-order valence-corrected chi connectivity index (χ1v) is 8.54. The SMILES string of the molecule is Cc1ccc([N+](=O)[O-])cc1NC(=O)CSc1cccc2cccnc12. The highest BCUT2D eigenvalue weighted by molar-refractivity contribution is 8.00. The molecule has 1 amide bonds. The second-order valence-electron chi connectivity index (χ2n) is 5.42. The molecular weight excluding hydrogens is 338 g/mol. The van der Waals surface area contributed by atoms with E-state index in [0.29, 0.717) is 5.69 Å². The summed E-state index contributed by atoms with van der Waals surface area (Å²) in [6.45, 7) is 1.79. The largest absolute Gasteiger partial charge is 0.325 e. The molecule has 0 spiro atoms. The summed E-state index contributed by atoms with van der Waals surface area (Å²) in [5.41, 5.74) is 2.03. The summed E-state index contributed by atoms with van der Waals surface area (Å²) in [7, 11) is 0. The predicted octanol–water partition coefficient (Wildman–Crippen LogP) is 4.18. The third-order valence-electron chi connectivity index (χ3n) is 3.66. The number of rotatable bonds is 5. The number of carbonyl (C=O) groups excluding carboxylic acids is 1. The fourth-order valence-electron chi connectivity index (χ4n) is 2.38. The molecular formula is C18H15N3O3S. The molecule has 0 fully saturated rings. The molecule has 1 aromatic heterocycles. The zero-order chi connectivity index (χ0) is 17.8. The van der Waals surface area contributed by atoms with E-state index < -0.39 is 4.92 Å². The number of fused-ring (bicyclic) bond motifs is 1. The first-order chi connectivity index (χ1) is 12.0. The van der Waals surface area contributed by atoms with Crippen molar-refractivity contribution < 1.29 is 9.72 Å². The monoisotopic (exact) mass is 353 g/mol. The average Bonchev–Trinajstić information content (AvgIpc) is 2.61. The fraction of sp³-hybridized carbons (Fsp3) is 0.111. The van der Waals surface area contributed by atoms with Crippen LogP contribution < -0.4 is 5.32 Å². The summed E-state index contributed by atoms with van der Waals surface area (Å²) in [4.78, 5) is 27.9. The van der Waals surface area contributed by atoms with E-state index in [4.69, 9.17) is 0 Å². The second-order valence-corrected chi connectivity index (χ2v) is 6.44. The van der Waals surface area contributed by atoms with Crippen molar-refractivity contribution in [3.05, 3.63) is 70.4 Å². The number of non-ortho nitro benzene ring substituents is 1. The number of hydrogen-bond donors (Lipinski definition) is 1. The maximum absolute atomic E-state index is 12.2. The van der Waals surface area contributed by atoms with Crippen LogP contribution in [0, 0.1) is 17.0 Å². The number of aromatic nitrogens is 1. The van der Waals surface area contributed by atoms with E-state index in [1.165, 1.54) is 23.9 Å². The number of hydrogen-bond acceptors (Lipinski definition) is 5. The molecule has 1 N–H and O–H groups in total. The predicted molar refractivity (Wildman–Crippen MR) is 98.9 cm³/mol. The van der Waals surface area contributed by atoms with Gasteiger partial charge < -0.3 is 5.32 Å². The third kappa shape index (κ3) is 3.95. The topological polar surface area (TPSA) is 85.1 Å². The minimum Gasteiger partial charge on any atom is -0.325 e.